The van der Waals surface area contributed by atoms with Crippen LogP contribution in [-0.2, 0) is 5.91 Å². The van der Waals surface area contributed by atoms with Crippen molar-refractivity contribution < 1.29 is 20.5 Å². The van der Waals surface area contributed by atoms with Crippen LogP contribution in [0.2, 0.25) is 0 Å². The van der Waals surface area contributed by atoms with Crippen molar-refractivity contribution in [1.29, 1.82) is 0 Å². The quantitative estimate of drug-likeness (QED) is 0.204. The molecule has 0 aliphatic rings. The Hall–Kier alpha value is -1.12. The predicted molar refractivity (Wildman–Crippen MR) is 70.9 cm³/mol. The summed E-state index contributed by atoms with van der Waals surface area (Å²) >= 11 is 5.60. The zero-order valence-electron chi connectivity index (χ0n) is 10.4. The van der Waals surface area contributed by atoms with Gasteiger partial charge in [-0.15, -0.1) is 0 Å². The smallest absolute Gasteiger partial charge is 0.254 e. The van der Waals surface area contributed by atoms with Gasteiger partial charge in [0.2, 0.25) is 0 Å². The SMILES string of the molecule is [B]C(C)(O)N(C)C(O)(O)c1ccc(/C(Cl)=N/O)cc1. The van der Waals surface area contributed by atoms with Crippen molar-refractivity contribution >= 4 is 24.6 Å². The molecule has 1 rings (SSSR count). The minimum Gasteiger partial charge on any atom is -0.410 e. The van der Waals surface area contributed by atoms with Crippen LogP contribution in [0, 0.1) is 0 Å². The number of benzene rings is 1. The molecule has 0 bridgehead atoms. The van der Waals surface area contributed by atoms with Crippen LogP contribution in [0.15, 0.2) is 29.4 Å². The van der Waals surface area contributed by atoms with Gasteiger partial charge in [-0.1, -0.05) is 41.0 Å². The fourth-order valence-electron chi connectivity index (χ4n) is 1.40. The minimum absolute atomic E-state index is 0.0619. The Labute approximate surface area is 116 Å². The van der Waals surface area contributed by atoms with E-state index in [1.807, 2.05) is 0 Å². The van der Waals surface area contributed by atoms with Crippen LogP contribution in [0.1, 0.15) is 18.1 Å². The van der Waals surface area contributed by atoms with E-state index >= 15 is 0 Å². The number of hydrogen-bond acceptors (Lipinski definition) is 6. The molecule has 19 heavy (non-hydrogen) atoms. The average Bonchev–Trinajstić information content (AvgIpc) is 2.36. The van der Waals surface area contributed by atoms with Gasteiger partial charge in [0, 0.05) is 11.1 Å². The summed E-state index contributed by atoms with van der Waals surface area (Å²) in [7, 11) is 6.64. The summed E-state index contributed by atoms with van der Waals surface area (Å²) in [5.41, 5.74) is -1.47. The second-order valence-corrected chi connectivity index (χ2v) is 4.61. The highest BCUT2D eigenvalue weighted by atomic mass is 35.5. The molecule has 0 fully saturated rings. The number of halogens is 1. The third-order valence-electron chi connectivity index (χ3n) is 2.74. The van der Waals surface area contributed by atoms with Crippen LogP contribution in [0.4, 0.5) is 0 Å². The molecule has 0 aromatic heterocycles. The van der Waals surface area contributed by atoms with E-state index in [-0.39, 0.29) is 10.7 Å². The molecule has 0 aliphatic carbocycles. The van der Waals surface area contributed by atoms with Crippen molar-refractivity contribution in [3.8, 4) is 0 Å². The third kappa shape index (κ3) is 3.46. The molecular formula is C11H14BClN2O4. The number of aliphatic hydroxyl groups is 3. The first-order valence-corrected chi connectivity index (χ1v) is 5.67. The first-order chi connectivity index (χ1) is 8.60. The fourth-order valence-corrected chi connectivity index (χ4v) is 1.52. The van der Waals surface area contributed by atoms with Crippen molar-refractivity contribution in [3.05, 3.63) is 35.4 Å². The summed E-state index contributed by atoms with van der Waals surface area (Å²) in [5, 5.41) is 40.8. The van der Waals surface area contributed by atoms with Gasteiger partial charge in [-0.25, -0.2) is 4.90 Å². The lowest BCUT2D eigenvalue weighted by atomic mass is 9.90. The van der Waals surface area contributed by atoms with Crippen molar-refractivity contribution in [3.63, 3.8) is 0 Å². The normalized spacial score (nSPS) is 16.5. The lowest BCUT2D eigenvalue weighted by Crippen LogP contribution is -2.56. The van der Waals surface area contributed by atoms with E-state index in [0.717, 1.165) is 4.90 Å². The monoisotopic (exact) mass is 284 g/mol. The highest BCUT2D eigenvalue weighted by Crippen LogP contribution is 2.26. The van der Waals surface area contributed by atoms with E-state index in [4.69, 9.17) is 24.7 Å². The zero-order chi connectivity index (χ0) is 14.8. The molecular weight excluding hydrogens is 270 g/mol. The summed E-state index contributed by atoms with van der Waals surface area (Å²) in [6.07, 6.45) is 0. The van der Waals surface area contributed by atoms with Gasteiger partial charge in [0.15, 0.2) is 5.17 Å². The van der Waals surface area contributed by atoms with E-state index in [1.165, 1.54) is 38.2 Å². The molecule has 6 nitrogen and oxygen atoms in total. The van der Waals surface area contributed by atoms with Crippen molar-refractivity contribution in [2.45, 2.75) is 18.5 Å². The zero-order valence-corrected chi connectivity index (χ0v) is 11.2. The van der Waals surface area contributed by atoms with Gasteiger partial charge in [0.25, 0.3) is 5.91 Å². The highest BCUT2D eigenvalue weighted by Gasteiger charge is 2.38. The van der Waals surface area contributed by atoms with Crippen LogP contribution in [-0.4, -0.2) is 51.1 Å². The summed E-state index contributed by atoms with van der Waals surface area (Å²) in [4.78, 5) is 0.775. The van der Waals surface area contributed by atoms with E-state index in [0.29, 0.717) is 5.56 Å². The molecule has 0 aliphatic heterocycles. The Morgan fingerprint density at radius 3 is 2.11 bits per heavy atom. The van der Waals surface area contributed by atoms with Gasteiger partial charge < -0.3 is 20.5 Å². The van der Waals surface area contributed by atoms with Gasteiger partial charge in [-0.3, -0.25) is 0 Å². The second-order valence-electron chi connectivity index (χ2n) is 4.26. The first kappa shape index (κ1) is 15.9. The van der Waals surface area contributed by atoms with Gasteiger partial charge in [0.05, 0.1) is 5.62 Å². The van der Waals surface area contributed by atoms with E-state index in [2.05, 4.69) is 5.16 Å². The molecule has 1 aromatic carbocycles. The van der Waals surface area contributed by atoms with Gasteiger partial charge >= 0.3 is 0 Å². The van der Waals surface area contributed by atoms with Crippen LogP contribution in [0.5, 0.6) is 0 Å². The molecule has 4 N–H and O–H groups in total. The van der Waals surface area contributed by atoms with Gasteiger partial charge in [-0.05, 0) is 14.0 Å². The second kappa shape index (κ2) is 5.48. The lowest BCUT2D eigenvalue weighted by molar-refractivity contribution is -0.307. The maximum absolute atomic E-state index is 10.0. The van der Waals surface area contributed by atoms with Crippen LogP contribution < -0.4 is 0 Å². The molecule has 0 spiro atoms. The Balaban J connectivity index is 3.10. The first-order valence-electron chi connectivity index (χ1n) is 5.29. The van der Waals surface area contributed by atoms with E-state index < -0.39 is 11.5 Å². The van der Waals surface area contributed by atoms with Crippen LogP contribution in [0.3, 0.4) is 0 Å². The largest absolute Gasteiger partial charge is 0.410 e. The molecule has 2 radical (unpaired) electrons. The van der Waals surface area contributed by atoms with Gasteiger partial charge in [0.1, 0.15) is 7.85 Å². The number of rotatable bonds is 4. The Kier molecular flexibility index (Phi) is 4.60. The molecule has 102 valence electrons. The predicted octanol–water partition coefficient (Wildman–Crippen LogP) is -0.0776. The molecule has 0 amide bonds. The number of hydrogen-bond donors (Lipinski definition) is 4. The standard InChI is InChI=1S/C11H14BClN2O4/c1-10(12,16)15(2)11(17,18)8-5-3-7(4-6-8)9(13)14-19/h3-6,16-19H,1-2H3/b14-9-. The number of oxime groups is 1. The fraction of sp³-hybridized carbons (Fsp3) is 0.364. The molecule has 1 atom stereocenters. The molecule has 0 saturated carbocycles. The molecule has 0 saturated heterocycles. The summed E-state index contributed by atoms with van der Waals surface area (Å²) in [6.45, 7) is 1.21. The number of nitrogens with zero attached hydrogens (tertiary/aromatic N) is 2. The average molecular weight is 285 g/mol. The lowest BCUT2D eigenvalue weighted by Gasteiger charge is -2.40. The molecule has 8 heteroatoms. The van der Waals surface area contributed by atoms with Crippen molar-refractivity contribution in [2.75, 3.05) is 7.05 Å². The summed E-state index contributed by atoms with van der Waals surface area (Å²) in [5.74, 6) is -2.47. The van der Waals surface area contributed by atoms with E-state index in [9.17, 15) is 15.3 Å². The minimum atomic E-state index is -2.47. The van der Waals surface area contributed by atoms with Crippen LogP contribution in [0.25, 0.3) is 0 Å². The molecule has 1 aromatic rings. The Morgan fingerprint density at radius 1 is 1.26 bits per heavy atom. The highest BCUT2D eigenvalue weighted by molar-refractivity contribution is 6.69. The van der Waals surface area contributed by atoms with Crippen LogP contribution >= 0.6 is 11.6 Å². The topological polar surface area (TPSA) is 96.5 Å². The maximum atomic E-state index is 10.0. The Morgan fingerprint density at radius 2 is 1.74 bits per heavy atom. The van der Waals surface area contributed by atoms with Crippen molar-refractivity contribution in [2.24, 2.45) is 5.16 Å². The summed E-state index contributed by atoms with van der Waals surface area (Å²) < 4.78 is 0. The molecule has 0 heterocycles. The third-order valence-corrected chi connectivity index (χ3v) is 3.04. The summed E-state index contributed by atoms with van der Waals surface area (Å²) in [6, 6.07) is 5.56. The van der Waals surface area contributed by atoms with Crippen molar-refractivity contribution in [1.82, 2.24) is 4.90 Å². The van der Waals surface area contributed by atoms with Gasteiger partial charge in [-0.2, -0.15) is 0 Å². The molecule has 1 unspecified atom stereocenters. The maximum Gasteiger partial charge on any atom is 0.254 e. The van der Waals surface area contributed by atoms with E-state index in [1.54, 1.807) is 0 Å². The Bertz CT molecular complexity index is 471.